The molecule has 18 heavy (non-hydrogen) atoms. The number of aromatic nitrogens is 3. The van der Waals surface area contributed by atoms with Crippen molar-refractivity contribution in [3.8, 4) is 0 Å². The van der Waals surface area contributed by atoms with Crippen molar-refractivity contribution in [1.82, 2.24) is 14.6 Å². The molecule has 0 aliphatic carbocycles. The first kappa shape index (κ1) is 9.41. The lowest BCUT2D eigenvalue weighted by molar-refractivity contribution is 1.01. The van der Waals surface area contributed by atoms with Crippen molar-refractivity contribution < 1.29 is 0 Å². The molecule has 2 aromatic carbocycles. The van der Waals surface area contributed by atoms with Crippen LogP contribution in [0.3, 0.4) is 0 Å². The molecule has 0 aliphatic rings. The van der Waals surface area contributed by atoms with Crippen LogP contribution in [0.4, 0.5) is 5.82 Å². The predicted molar refractivity (Wildman–Crippen MR) is 72.4 cm³/mol. The van der Waals surface area contributed by atoms with E-state index in [9.17, 15) is 0 Å². The Hall–Kier alpha value is -2.62. The molecule has 2 aromatic heterocycles. The summed E-state index contributed by atoms with van der Waals surface area (Å²) in [7, 11) is 0. The molecule has 0 saturated carbocycles. The maximum Gasteiger partial charge on any atom is 0.165 e. The first-order valence-corrected chi connectivity index (χ1v) is 5.76. The van der Waals surface area contributed by atoms with Gasteiger partial charge in [-0.1, -0.05) is 24.3 Å². The molecule has 0 bridgehead atoms. The van der Waals surface area contributed by atoms with Gasteiger partial charge in [-0.25, -0.2) is 9.50 Å². The van der Waals surface area contributed by atoms with Crippen LogP contribution in [-0.4, -0.2) is 14.6 Å². The Kier molecular flexibility index (Phi) is 1.67. The summed E-state index contributed by atoms with van der Waals surface area (Å²) in [5.41, 5.74) is 8.74. The Balaban J connectivity index is 2.36. The Morgan fingerprint density at radius 2 is 1.61 bits per heavy atom. The van der Waals surface area contributed by atoms with Gasteiger partial charge < -0.3 is 5.73 Å². The molecule has 0 atom stereocenters. The van der Waals surface area contributed by atoms with Crippen LogP contribution in [-0.2, 0) is 0 Å². The molecule has 0 fully saturated rings. The van der Waals surface area contributed by atoms with Crippen molar-refractivity contribution >= 4 is 33.3 Å². The van der Waals surface area contributed by atoms with Gasteiger partial charge in [-0.2, -0.15) is 5.10 Å². The zero-order valence-corrected chi connectivity index (χ0v) is 9.54. The summed E-state index contributed by atoms with van der Waals surface area (Å²) in [6, 6.07) is 15.9. The van der Waals surface area contributed by atoms with E-state index in [1.165, 1.54) is 0 Å². The van der Waals surface area contributed by atoms with E-state index < -0.39 is 0 Å². The van der Waals surface area contributed by atoms with Gasteiger partial charge in [0.15, 0.2) is 5.65 Å². The minimum absolute atomic E-state index is 0.545. The van der Waals surface area contributed by atoms with Crippen LogP contribution >= 0.6 is 0 Å². The fourth-order valence-corrected chi connectivity index (χ4v) is 2.34. The van der Waals surface area contributed by atoms with Gasteiger partial charge in [0.1, 0.15) is 5.82 Å². The molecule has 0 unspecified atom stereocenters. The van der Waals surface area contributed by atoms with Gasteiger partial charge in [-0.3, -0.25) is 0 Å². The van der Waals surface area contributed by atoms with Gasteiger partial charge in [-0.15, -0.1) is 0 Å². The Bertz CT molecular complexity index is 892. The molecule has 4 nitrogen and oxygen atoms in total. The Morgan fingerprint density at radius 1 is 0.889 bits per heavy atom. The molecule has 0 spiro atoms. The van der Waals surface area contributed by atoms with E-state index in [1.54, 1.807) is 0 Å². The SMILES string of the molecule is Nc1nc2c3ccccc3nn2c2ccccc12. The zero-order valence-electron chi connectivity index (χ0n) is 9.54. The van der Waals surface area contributed by atoms with Gasteiger partial charge in [0, 0.05) is 10.8 Å². The topological polar surface area (TPSA) is 56.2 Å². The number of para-hydroxylation sites is 1. The highest BCUT2D eigenvalue weighted by atomic mass is 15.3. The maximum absolute atomic E-state index is 6.02. The van der Waals surface area contributed by atoms with Gasteiger partial charge in [-0.05, 0) is 24.3 Å². The number of fused-ring (bicyclic) bond motifs is 5. The van der Waals surface area contributed by atoms with E-state index >= 15 is 0 Å². The number of nitrogens with zero attached hydrogens (tertiary/aromatic N) is 3. The highest BCUT2D eigenvalue weighted by Gasteiger charge is 2.10. The lowest BCUT2D eigenvalue weighted by Crippen LogP contribution is -1.98. The first-order valence-electron chi connectivity index (χ1n) is 5.76. The summed E-state index contributed by atoms with van der Waals surface area (Å²) in [5, 5.41) is 6.53. The van der Waals surface area contributed by atoms with Crippen molar-refractivity contribution in [2.24, 2.45) is 0 Å². The summed E-state index contributed by atoms with van der Waals surface area (Å²) in [6.07, 6.45) is 0. The summed E-state index contributed by atoms with van der Waals surface area (Å²) in [5.74, 6) is 0.545. The minimum atomic E-state index is 0.545. The molecule has 0 amide bonds. The summed E-state index contributed by atoms with van der Waals surface area (Å²) < 4.78 is 1.86. The predicted octanol–water partition coefficient (Wildman–Crippen LogP) is 2.62. The van der Waals surface area contributed by atoms with E-state index in [4.69, 9.17) is 5.73 Å². The Morgan fingerprint density at radius 3 is 2.50 bits per heavy atom. The maximum atomic E-state index is 6.02. The van der Waals surface area contributed by atoms with Gasteiger partial charge in [0.2, 0.25) is 0 Å². The summed E-state index contributed by atoms with van der Waals surface area (Å²) in [6.45, 7) is 0. The highest BCUT2D eigenvalue weighted by molar-refractivity contribution is 5.98. The van der Waals surface area contributed by atoms with Crippen LogP contribution in [0.5, 0.6) is 0 Å². The molecule has 2 N–H and O–H groups in total. The van der Waals surface area contributed by atoms with E-state index in [1.807, 2.05) is 53.0 Å². The lowest BCUT2D eigenvalue weighted by atomic mass is 10.2. The number of rotatable bonds is 0. The molecule has 4 heteroatoms. The quantitative estimate of drug-likeness (QED) is 0.509. The number of hydrogen-bond donors (Lipinski definition) is 1. The van der Waals surface area contributed by atoms with Crippen LogP contribution in [0.2, 0.25) is 0 Å². The van der Waals surface area contributed by atoms with E-state index in [0.29, 0.717) is 5.82 Å². The summed E-state index contributed by atoms with van der Waals surface area (Å²) >= 11 is 0. The number of anilines is 1. The number of benzene rings is 2. The van der Waals surface area contributed by atoms with Crippen LogP contribution in [0.25, 0.3) is 27.5 Å². The number of hydrogen-bond acceptors (Lipinski definition) is 3. The third-order valence-corrected chi connectivity index (χ3v) is 3.19. The second kappa shape index (κ2) is 3.20. The van der Waals surface area contributed by atoms with E-state index in [-0.39, 0.29) is 0 Å². The first-order chi connectivity index (χ1) is 8.84. The van der Waals surface area contributed by atoms with Crippen molar-refractivity contribution in [3.05, 3.63) is 48.5 Å². The van der Waals surface area contributed by atoms with Gasteiger partial charge in [0.05, 0.1) is 11.0 Å². The normalized spacial score (nSPS) is 11.6. The third kappa shape index (κ3) is 1.09. The van der Waals surface area contributed by atoms with Gasteiger partial charge >= 0.3 is 0 Å². The average molecular weight is 234 g/mol. The molecule has 2 heterocycles. The number of nitrogens with two attached hydrogens (primary N) is 1. The molecule has 4 aromatic rings. The molecular formula is C14H10N4. The van der Waals surface area contributed by atoms with Crippen molar-refractivity contribution in [2.75, 3.05) is 5.73 Å². The van der Waals surface area contributed by atoms with E-state index in [0.717, 1.165) is 27.5 Å². The van der Waals surface area contributed by atoms with Gasteiger partial charge in [0.25, 0.3) is 0 Å². The molecule has 4 rings (SSSR count). The van der Waals surface area contributed by atoms with Crippen molar-refractivity contribution in [3.63, 3.8) is 0 Å². The monoisotopic (exact) mass is 234 g/mol. The molecule has 86 valence electrons. The van der Waals surface area contributed by atoms with Crippen LogP contribution in [0.15, 0.2) is 48.5 Å². The molecule has 0 saturated heterocycles. The second-order valence-corrected chi connectivity index (χ2v) is 4.27. The second-order valence-electron chi connectivity index (χ2n) is 4.27. The fourth-order valence-electron chi connectivity index (χ4n) is 2.34. The van der Waals surface area contributed by atoms with Crippen LogP contribution < -0.4 is 5.73 Å². The smallest absolute Gasteiger partial charge is 0.165 e. The highest BCUT2D eigenvalue weighted by Crippen LogP contribution is 2.25. The minimum Gasteiger partial charge on any atom is -0.383 e. The lowest BCUT2D eigenvalue weighted by Gasteiger charge is -2.03. The number of nitrogen functional groups attached to an aromatic ring is 1. The Labute approximate surface area is 103 Å². The largest absolute Gasteiger partial charge is 0.383 e. The zero-order chi connectivity index (χ0) is 12.1. The van der Waals surface area contributed by atoms with Crippen molar-refractivity contribution in [2.45, 2.75) is 0 Å². The standard InChI is InChI=1S/C14H10N4/c15-13-10-6-2-4-8-12(10)18-14(16-13)9-5-1-3-7-11(9)17-18/h1-8H,(H2,15,16). The third-order valence-electron chi connectivity index (χ3n) is 3.19. The molecule has 0 aliphatic heterocycles. The van der Waals surface area contributed by atoms with E-state index in [2.05, 4.69) is 10.1 Å². The summed E-state index contributed by atoms with van der Waals surface area (Å²) in [4.78, 5) is 4.47. The van der Waals surface area contributed by atoms with Crippen molar-refractivity contribution in [1.29, 1.82) is 0 Å². The van der Waals surface area contributed by atoms with Crippen LogP contribution in [0.1, 0.15) is 0 Å². The van der Waals surface area contributed by atoms with Crippen LogP contribution in [0, 0.1) is 0 Å². The fraction of sp³-hybridized carbons (Fsp3) is 0. The average Bonchev–Trinajstić information content (AvgIpc) is 2.78. The molecule has 0 radical (unpaired) electrons. The molecular weight excluding hydrogens is 224 g/mol.